The average molecular weight is 603 g/mol. The first-order valence-electron chi connectivity index (χ1n) is 14.7. The molecule has 0 aliphatic carbocycles. The highest BCUT2D eigenvalue weighted by atomic mass is 16.2. The molecule has 7 rings (SSSR count). The second-order valence-electron chi connectivity index (χ2n) is 10.9. The number of carbonyl (C=O) groups excluding carboxylic acids is 2. The van der Waals surface area contributed by atoms with Crippen LogP contribution in [0.15, 0.2) is 143 Å². The number of hydrogen-bond acceptors (Lipinski definition) is 6. The molecule has 0 spiro atoms. The zero-order chi connectivity index (χ0) is 31.6. The molecule has 46 heavy (non-hydrogen) atoms. The molecule has 0 unspecified atom stereocenters. The van der Waals surface area contributed by atoms with Crippen molar-refractivity contribution >= 4 is 33.6 Å². The van der Waals surface area contributed by atoms with Crippen LogP contribution in [0.4, 0.5) is 0 Å². The van der Waals surface area contributed by atoms with E-state index in [1.165, 1.54) is 0 Å². The number of nitrogens with zero attached hydrogens (tertiary/aromatic N) is 4. The van der Waals surface area contributed by atoms with Crippen molar-refractivity contribution in [2.75, 3.05) is 0 Å². The van der Waals surface area contributed by atoms with Crippen molar-refractivity contribution in [1.29, 1.82) is 0 Å². The highest BCUT2D eigenvalue weighted by molar-refractivity contribution is 6.08. The fourth-order valence-corrected chi connectivity index (χ4v) is 5.64. The summed E-state index contributed by atoms with van der Waals surface area (Å²) in [6.45, 7) is 0.350. The summed E-state index contributed by atoms with van der Waals surface area (Å²) >= 11 is 0. The molecule has 0 bridgehead atoms. The number of benzene rings is 5. The molecule has 0 saturated heterocycles. The minimum atomic E-state index is -0.488. The quantitative estimate of drug-likeness (QED) is 0.208. The largest absolute Gasteiger partial charge is 0.300 e. The molecule has 2 heterocycles. The van der Waals surface area contributed by atoms with Gasteiger partial charge in [-0.05, 0) is 35.4 Å². The molecule has 0 saturated carbocycles. The third-order valence-corrected chi connectivity index (χ3v) is 7.88. The number of rotatable bonds is 8. The molecular weight excluding hydrogens is 576 g/mol. The number of carbonyl (C=O) groups is 2. The summed E-state index contributed by atoms with van der Waals surface area (Å²) in [7, 11) is 0. The Labute approximate surface area is 262 Å². The van der Waals surface area contributed by atoms with Crippen LogP contribution in [0.3, 0.4) is 0 Å². The lowest BCUT2D eigenvalue weighted by atomic mass is 10.1. The molecule has 222 valence electrons. The normalized spacial score (nSPS) is 11.1. The van der Waals surface area contributed by atoms with E-state index >= 15 is 0 Å². The van der Waals surface area contributed by atoms with Gasteiger partial charge in [-0.15, -0.1) is 0 Å². The summed E-state index contributed by atoms with van der Waals surface area (Å²) < 4.78 is 3.12. The van der Waals surface area contributed by atoms with Gasteiger partial charge in [0.15, 0.2) is 11.4 Å². The smallest absolute Gasteiger partial charge is 0.281 e. The number of fused-ring (bicyclic) bond motifs is 2. The van der Waals surface area contributed by atoms with E-state index in [2.05, 4.69) is 9.97 Å². The number of ketones is 2. The van der Waals surface area contributed by atoms with Crippen LogP contribution in [0.1, 0.15) is 43.2 Å². The van der Waals surface area contributed by atoms with E-state index in [-0.39, 0.29) is 24.5 Å². The van der Waals surface area contributed by atoms with Crippen LogP contribution in [-0.2, 0) is 13.1 Å². The van der Waals surface area contributed by atoms with Crippen molar-refractivity contribution in [2.24, 2.45) is 0 Å². The van der Waals surface area contributed by atoms with E-state index in [9.17, 15) is 19.2 Å². The van der Waals surface area contributed by atoms with Gasteiger partial charge in [0.25, 0.3) is 11.1 Å². The molecule has 0 aliphatic heterocycles. The lowest BCUT2D eigenvalue weighted by Gasteiger charge is -2.15. The Morgan fingerprint density at radius 3 is 1.30 bits per heavy atom. The van der Waals surface area contributed by atoms with Crippen LogP contribution in [-0.4, -0.2) is 30.7 Å². The van der Waals surface area contributed by atoms with Gasteiger partial charge in [-0.1, -0.05) is 109 Å². The van der Waals surface area contributed by atoms with Crippen molar-refractivity contribution in [2.45, 2.75) is 13.1 Å². The molecule has 0 N–H and O–H groups in total. The molecule has 5 aromatic carbocycles. The van der Waals surface area contributed by atoms with Gasteiger partial charge in [-0.3, -0.25) is 19.2 Å². The Hall–Kier alpha value is -6.28. The van der Waals surface area contributed by atoms with Crippen LogP contribution in [0.5, 0.6) is 0 Å². The van der Waals surface area contributed by atoms with E-state index in [1.807, 2.05) is 48.5 Å². The molecule has 0 atom stereocenters. The Balaban J connectivity index is 1.28. The molecule has 7 aromatic rings. The minimum Gasteiger partial charge on any atom is -0.300 e. The number of aromatic nitrogens is 4. The number of para-hydroxylation sites is 4. The van der Waals surface area contributed by atoms with Gasteiger partial charge in [-0.25, -0.2) is 9.97 Å². The van der Waals surface area contributed by atoms with Gasteiger partial charge in [0.1, 0.15) is 0 Å². The summed E-state index contributed by atoms with van der Waals surface area (Å²) in [4.78, 5) is 63.2. The highest BCUT2D eigenvalue weighted by Crippen LogP contribution is 2.18. The van der Waals surface area contributed by atoms with Crippen molar-refractivity contribution < 1.29 is 9.59 Å². The topological polar surface area (TPSA) is 104 Å². The van der Waals surface area contributed by atoms with Crippen LogP contribution in [0.2, 0.25) is 0 Å². The van der Waals surface area contributed by atoms with Crippen molar-refractivity contribution in [1.82, 2.24) is 19.1 Å². The SMILES string of the molecule is O=C(c1ccccc1)c1nc2ccccc2n(Cc2cccc(Cn3c(=O)c(C(=O)c4ccccc4)nc4ccccc43)c2)c1=O. The van der Waals surface area contributed by atoms with Crippen LogP contribution < -0.4 is 11.1 Å². The van der Waals surface area contributed by atoms with E-state index in [4.69, 9.17) is 0 Å². The second kappa shape index (κ2) is 12.0. The summed E-state index contributed by atoms with van der Waals surface area (Å²) in [6, 6.07) is 39.2. The average Bonchev–Trinajstić information content (AvgIpc) is 3.11. The summed E-state index contributed by atoms with van der Waals surface area (Å²) in [5.74, 6) is -0.882. The maximum absolute atomic E-state index is 13.8. The van der Waals surface area contributed by atoms with Gasteiger partial charge in [0.2, 0.25) is 11.6 Å². The third-order valence-electron chi connectivity index (χ3n) is 7.88. The van der Waals surface area contributed by atoms with Gasteiger partial charge < -0.3 is 9.13 Å². The predicted octanol–water partition coefficient (Wildman–Crippen LogP) is 5.67. The maximum atomic E-state index is 13.8. The number of hydrogen-bond donors (Lipinski definition) is 0. The van der Waals surface area contributed by atoms with Crippen molar-refractivity contribution in [3.8, 4) is 0 Å². The Morgan fingerprint density at radius 1 is 0.478 bits per heavy atom. The van der Waals surface area contributed by atoms with E-state index in [1.54, 1.807) is 94.1 Å². The van der Waals surface area contributed by atoms with Crippen molar-refractivity contribution in [3.63, 3.8) is 0 Å². The van der Waals surface area contributed by atoms with E-state index in [0.717, 1.165) is 11.1 Å². The molecule has 2 aromatic heterocycles. The van der Waals surface area contributed by atoms with Gasteiger partial charge in [0.05, 0.1) is 35.2 Å². The molecule has 8 nitrogen and oxygen atoms in total. The summed E-state index contributed by atoms with van der Waals surface area (Å²) in [5.41, 5.74) is 3.35. The Morgan fingerprint density at radius 2 is 0.870 bits per heavy atom. The third kappa shape index (κ3) is 5.33. The molecule has 0 fully saturated rings. The fraction of sp³-hybridized carbons (Fsp3) is 0.0526. The van der Waals surface area contributed by atoms with Crippen LogP contribution >= 0.6 is 0 Å². The Kier molecular flexibility index (Phi) is 7.44. The lowest BCUT2D eigenvalue weighted by molar-refractivity contribution is 0.102. The Bertz CT molecular complexity index is 2230. The van der Waals surface area contributed by atoms with E-state index < -0.39 is 22.7 Å². The zero-order valence-corrected chi connectivity index (χ0v) is 24.5. The fourth-order valence-electron chi connectivity index (χ4n) is 5.64. The summed E-state index contributed by atoms with van der Waals surface area (Å²) in [6.07, 6.45) is 0. The monoisotopic (exact) mass is 602 g/mol. The molecule has 0 aliphatic rings. The molecule has 0 amide bonds. The molecule has 8 heteroatoms. The molecular formula is C38H26N4O4. The predicted molar refractivity (Wildman–Crippen MR) is 176 cm³/mol. The zero-order valence-electron chi connectivity index (χ0n) is 24.5. The standard InChI is InChI=1S/C38H26N4O4/c43-35(27-14-3-1-4-15-27)33-37(45)41(31-20-9-7-18-29(31)39-33)23-25-12-11-13-26(22-25)24-42-32-21-10-8-19-30(32)40-34(38(42)46)36(44)28-16-5-2-6-17-28/h1-22H,23-24H2. The maximum Gasteiger partial charge on any atom is 0.281 e. The van der Waals surface area contributed by atoms with Gasteiger partial charge in [-0.2, -0.15) is 0 Å². The first-order valence-corrected chi connectivity index (χ1v) is 14.7. The first kappa shape index (κ1) is 28.5. The minimum absolute atomic E-state index is 0.147. The van der Waals surface area contributed by atoms with Gasteiger partial charge in [0, 0.05) is 11.1 Å². The second-order valence-corrected chi connectivity index (χ2v) is 10.9. The summed E-state index contributed by atoms with van der Waals surface area (Å²) in [5, 5.41) is 0. The van der Waals surface area contributed by atoms with Crippen molar-refractivity contribution in [3.05, 3.63) is 188 Å². The molecule has 0 radical (unpaired) electrons. The van der Waals surface area contributed by atoms with Crippen LogP contribution in [0.25, 0.3) is 22.1 Å². The van der Waals surface area contributed by atoms with E-state index in [0.29, 0.717) is 33.2 Å². The highest BCUT2D eigenvalue weighted by Gasteiger charge is 2.21. The first-order chi connectivity index (χ1) is 22.5. The van der Waals surface area contributed by atoms with Crippen LogP contribution in [0, 0.1) is 0 Å². The van der Waals surface area contributed by atoms with Gasteiger partial charge >= 0.3 is 0 Å². The lowest BCUT2D eigenvalue weighted by Crippen LogP contribution is -2.30.